The van der Waals surface area contributed by atoms with Crippen molar-refractivity contribution in [2.24, 2.45) is 0 Å². The average Bonchev–Trinajstić information content (AvgIpc) is 3.38. The number of nitrogens with one attached hydrogen (secondary N) is 1. The van der Waals surface area contributed by atoms with Crippen molar-refractivity contribution < 1.29 is 9.53 Å². The van der Waals surface area contributed by atoms with Gasteiger partial charge in [0.05, 0.1) is 6.04 Å². The zero-order valence-electron chi connectivity index (χ0n) is 15.0. The van der Waals surface area contributed by atoms with Gasteiger partial charge >= 0.3 is 0 Å². The Kier molecular flexibility index (Phi) is 4.94. The quantitative estimate of drug-likeness (QED) is 0.522. The number of likely N-dealkylation sites (N-methyl/N-ethyl adjacent to an activating group) is 1. The molecule has 1 amide bonds. The lowest BCUT2D eigenvalue weighted by Gasteiger charge is -2.27. The number of para-hydroxylation sites is 2. The highest BCUT2D eigenvalue weighted by molar-refractivity contribution is 7.10. The Hall–Kier alpha value is -3.05. The zero-order valence-corrected chi connectivity index (χ0v) is 15.8. The van der Waals surface area contributed by atoms with E-state index in [4.69, 9.17) is 4.74 Å². The summed E-state index contributed by atoms with van der Waals surface area (Å²) in [5, 5.41) is 3.16. The largest absolute Gasteiger partial charge is 0.484 e. The maximum absolute atomic E-state index is 12.9. The van der Waals surface area contributed by atoms with E-state index < -0.39 is 0 Å². The van der Waals surface area contributed by atoms with Crippen LogP contribution >= 0.6 is 11.3 Å². The van der Waals surface area contributed by atoms with Gasteiger partial charge in [0, 0.05) is 34.6 Å². The number of aromatic amines is 1. The van der Waals surface area contributed by atoms with Crippen LogP contribution in [0.2, 0.25) is 0 Å². The van der Waals surface area contributed by atoms with Crippen LogP contribution in [-0.4, -0.2) is 29.4 Å². The molecule has 4 nitrogen and oxygen atoms in total. The molecule has 5 heteroatoms. The molecule has 1 atom stereocenters. The molecule has 0 bridgehead atoms. The maximum atomic E-state index is 12.9. The van der Waals surface area contributed by atoms with E-state index in [0.717, 1.165) is 21.3 Å². The molecule has 0 unspecified atom stereocenters. The first kappa shape index (κ1) is 17.4. The minimum absolute atomic E-state index is 0.00471. The average molecular weight is 376 g/mol. The Balaban J connectivity index is 1.62. The molecule has 1 N–H and O–H groups in total. The fourth-order valence-electron chi connectivity index (χ4n) is 3.23. The predicted molar refractivity (Wildman–Crippen MR) is 109 cm³/mol. The first-order chi connectivity index (χ1) is 13.2. The number of rotatable bonds is 6. The molecule has 0 aliphatic heterocycles. The van der Waals surface area contributed by atoms with Gasteiger partial charge in [0.25, 0.3) is 5.91 Å². The van der Waals surface area contributed by atoms with Gasteiger partial charge in [0.15, 0.2) is 6.61 Å². The third-order valence-electron chi connectivity index (χ3n) is 4.61. The molecule has 0 aliphatic rings. The second-order valence-corrected chi connectivity index (χ2v) is 7.29. The van der Waals surface area contributed by atoms with Crippen LogP contribution in [0.5, 0.6) is 5.75 Å². The monoisotopic (exact) mass is 376 g/mol. The molecule has 27 heavy (non-hydrogen) atoms. The number of carbonyl (C=O) groups excluding carboxylic acids is 1. The first-order valence-corrected chi connectivity index (χ1v) is 9.65. The molecule has 4 aromatic rings. The SMILES string of the molecule is CN(C(=O)COc1ccccc1)[C@H](c1cccs1)c1c[nH]c2ccccc12. The van der Waals surface area contributed by atoms with Crippen molar-refractivity contribution in [3.8, 4) is 5.75 Å². The first-order valence-electron chi connectivity index (χ1n) is 8.77. The summed E-state index contributed by atoms with van der Waals surface area (Å²) in [6, 6.07) is 21.5. The minimum Gasteiger partial charge on any atom is -0.484 e. The van der Waals surface area contributed by atoms with Crippen molar-refractivity contribution in [1.82, 2.24) is 9.88 Å². The molecular formula is C22H20N2O2S. The summed E-state index contributed by atoms with van der Waals surface area (Å²) in [5.41, 5.74) is 2.15. The number of aromatic nitrogens is 1. The number of hydrogen-bond acceptors (Lipinski definition) is 3. The van der Waals surface area contributed by atoms with Crippen molar-refractivity contribution in [3.05, 3.63) is 88.7 Å². The summed E-state index contributed by atoms with van der Waals surface area (Å²) in [6.45, 7) is 0.00471. The highest BCUT2D eigenvalue weighted by Gasteiger charge is 2.27. The highest BCUT2D eigenvalue weighted by Crippen LogP contribution is 2.35. The molecular weight excluding hydrogens is 356 g/mol. The van der Waals surface area contributed by atoms with E-state index in [9.17, 15) is 4.79 Å². The zero-order chi connectivity index (χ0) is 18.6. The number of nitrogens with zero attached hydrogens (tertiary/aromatic N) is 1. The van der Waals surface area contributed by atoms with Crippen molar-refractivity contribution in [2.45, 2.75) is 6.04 Å². The molecule has 0 radical (unpaired) electrons. The summed E-state index contributed by atoms with van der Waals surface area (Å²) in [4.78, 5) is 19.1. The van der Waals surface area contributed by atoms with Crippen LogP contribution in [0.3, 0.4) is 0 Å². The van der Waals surface area contributed by atoms with Crippen molar-refractivity contribution in [2.75, 3.05) is 13.7 Å². The van der Waals surface area contributed by atoms with Gasteiger partial charge in [-0.05, 0) is 29.6 Å². The number of hydrogen-bond donors (Lipinski definition) is 1. The Bertz CT molecular complexity index is 1020. The fraction of sp³-hybridized carbons (Fsp3) is 0.136. The second-order valence-electron chi connectivity index (χ2n) is 6.31. The van der Waals surface area contributed by atoms with E-state index in [1.54, 1.807) is 16.2 Å². The van der Waals surface area contributed by atoms with Crippen molar-refractivity contribution in [3.63, 3.8) is 0 Å². The Morgan fingerprint density at radius 1 is 1.07 bits per heavy atom. The van der Waals surface area contributed by atoms with Gasteiger partial charge in [-0.1, -0.05) is 42.5 Å². The van der Waals surface area contributed by atoms with Crippen LogP contribution in [0.15, 0.2) is 78.3 Å². The number of thiophene rings is 1. The van der Waals surface area contributed by atoms with Gasteiger partial charge in [-0.15, -0.1) is 11.3 Å². The minimum atomic E-state index is -0.159. The summed E-state index contributed by atoms with van der Waals surface area (Å²) in [7, 11) is 1.84. The van der Waals surface area contributed by atoms with Gasteiger partial charge in [0.2, 0.25) is 0 Å². The lowest BCUT2D eigenvalue weighted by atomic mass is 10.0. The molecule has 136 valence electrons. The molecule has 2 aromatic carbocycles. The molecule has 0 aliphatic carbocycles. The summed E-state index contributed by atoms with van der Waals surface area (Å²) >= 11 is 1.65. The smallest absolute Gasteiger partial charge is 0.261 e. The van der Waals surface area contributed by atoms with Crippen LogP contribution in [-0.2, 0) is 4.79 Å². The molecule has 0 saturated carbocycles. The standard InChI is InChI=1S/C22H20N2O2S/c1-24(21(25)15-26-16-8-3-2-4-9-16)22(20-12-7-13-27-20)18-14-23-19-11-6-5-10-17(18)19/h2-14,22-23H,15H2,1H3/t22-/m0/s1. The Labute approximate surface area is 162 Å². The summed E-state index contributed by atoms with van der Waals surface area (Å²) in [5.74, 6) is 0.626. The van der Waals surface area contributed by atoms with Gasteiger partial charge < -0.3 is 14.6 Å². The molecule has 2 heterocycles. The van der Waals surface area contributed by atoms with Crippen molar-refractivity contribution >= 4 is 28.1 Å². The third-order valence-corrected chi connectivity index (χ3v) is 5.54. The van der Waals surface area contributed by atoms with Crippen LogP contribution in [0.25, 0.3) is 10.9 Å². The van der Waals surface area contributed by atoms with Gasteiger partial charge in [-0.2, -0.15) is 0 Å². The number of H-pyrrole nitrogens is 1. The normalized spacial score (nSPS) is 12.0. The van der Waals surface area contributed by atoms with Crippen molar-refractivity contribution in [1.29, 1.82) is 0 Å². The summed E-state index contributed by atoms with van der Waals surface area (Å²) < 4.78 is 5.67. The van der Waals surface area contributed by atoms with Gasteiger partial charge in [0.1, 0.15) is 5.75 Å². The third kappa shape index (κ3) is 3.59. The summed E-state index contributed by atoms with van der Waals surface area (Å²) in [6.07, 6.45) is 2.00. The molecule has 2 aromatic heterocycles. The number of amides is 1. The Morgan fingerprint density at radius 2 is 1.85 bits per heavy atom. The lowest BCUT2D eigenvalue weighted by Crippen LogP contribution is -2.35. The topological polar surface area (TPSA) is 45.3 Å². The van der Waals surface area contributed by atoms with E-state index in [1.165, 1.54) is 0 Å². The fourth-order valence-corrected chi connectivity index (χ4v) is 4.11. The number of benzene rings is 2. The lowest BCUT2D eigenvalue weighted by molar-refractivity contribution is -0.133. The maximum Gasteiger partial charge on any atom is 0.261 e. The van der Waals surface area contributed by atoms with Crippen LogP contribution in [0, 0.1) is 0 Å². The molecule has 0 saturated heterocycles. The van der Waals surface area contributed by atoms with Crippen LogP contribution in [0.4, 0.5) is 0 Å². The molecule has 4 rings (SSSR count). The van der Waals surface area contributed by atoms with Gasteiger partial charge in [-0.3, -0.25) is 4.79 Å². The number of fused-ring (bicyclic) bond motifs is 1. The van der Waals surface area contributed by atoms with E-state index >= 15 is 0 Å². The number of ether oxygens (including phenoxy) is 1. The predicted octanol–water partition coefficient (Wildman–Crippen LogP) is 4.86. The van der Waals surface area contributed by atoms with E-state index in [-0.39, 0.29) is 18.6 Å². The molecule has 0 spiro atoms. The van der Waals surface area contributed by atoms with E-state index in [2.05, 4.69) is 17.1 Å². The van der Waals surface area contributed by atoms with Crippen LogP contribution in [0.1, 0.15) is 16.5 Å². The second kappa shape index (κ2) is 7.68. The highest BCUT2D eigenvalue weighted by atomic mass is 32.1. The van der Waals surface area contributed by atoms with E-state index in [1.807, 2.05) is 73.2 Å². The number of carbonyl (C=O) groups is 1. The Morgan fingerprint density at radius 3 is 2.63 bits per heavy atom. The van der Waals surface area contributed by atoms with E-state index in [0.29, 0.717) is 5.75 Å². The van der Waals surface area contributed by atoms with Gasteiger partial charge in [-0.25, -0.2) is 0 Å². The van der Waals surface area contributed by atoms with Crippen LogP contribution < -0.4 is 4.74 Å². The molecule has 0 fully saturated rings.